The Morgan fingerprint density at radius 3 is 2.57 bits per heavy atom. The van der Waals surface area contributed by atoms with Gasteiger partial charge in [-0.25, -0.2) is 0 Å². The Bertz CT molecular complexity index is 467. The standard InChI is InChI=1S/C17H25NO3/c1-12(13-8-6-5-7-9-13)18-15-11-20-10-14(15)16(19)21-17(2,3)4/h5-9,12,14-15,18H,10-11H2,1-4H3/t12-,14+,15-/m0/s1. The maximum Gasteiger partial charge on any atom is 0.313 e. The highest BCUT2D eigenvalue weighted by molar-refractivity contribution is 5.74. The summed E-state index contributed by atoms with van der Waals surface area (Å²) < 4.78 is 11.0. The Labute approximate surface area is 126 Å². The molecule has 116 valence electrons. The Morgan fingerprint density at radius 1 is 1.29 bits per heavy atom. The summed E-state index contributed by atoms with van der Waals surface area (Å²) in [6.07, 6.45) is 0. The number of hydrogen-bond donors (Lipinski definition) is 1. The summed E-state index contributed by atoms with van der Waals surface area (Å²) >= 11 is 0. The highest BCUT2D eigenvalue weighted by Gasteiger charge is 2.37. The second-order valence-electron chi connectivity index (χ2n) is 6.58. The first kappa shape index (κ1) is 16.0. The number of benzene rings is 1. The number of esters is 1. The summed E-state index contributed by atoms with van der Waals surface area (Å²) in [6.45, 7) is 8.72. The van der Waals surface area contributed by atoms with Gasteiger partial charge in [-0.3, -0.25) is 4.79 Å². The average molecular weight is 291 g/mol. The molecule has 0 spiro atoms. The van der Waals surface area contributed by atoms with Crippen LogP contribution in [0.4, 0.5) is 0 Å². The van der Waals surface area contributed by atoms with Crippen LogP contribution in [0.5, 0.6) is 0 Å². The SMILES string of the molecule is C[C@H](N[C@H]1COC[C@H]1C(=O)OC(C)(C)C)c1ccccc1. The number of carbonyl (C=O) groups is 1. The molecule has 1 saturated heterocycles. The lowest BCUT2D eigenvalue weighted by molar-refractivity contribution is -0.160. The van der Waals surface area contributed by atoms with Crippen LogP contribution in [0.3, 0.4) is 0 Å². The van der Waals surface area contributed by atoms with Gasteiger partial charge in [-0.15, -0.1) is 0 Å². The molecule has 0 bridgehead atoms. The number of carbonyl (C=O) groups excluding carboxylic acids is 1. The molecule has 21 heavy (non-hydrogen) atoms. The smallest absolute Gasteiger partial charge is 0.313 e. The molecule has 0 radical (unpaired) electrons. The topological polar surface area (TPSA) is 47.6 Å². The van der Waals surface area contributed by atoms with E-state index in [1.54, 1.807) is 0 Å². The van der Waals surface area contributed by atoms with E-state index < -0.39 is 5.60 Å². The fourth-order valence-corrected chi connectivity index (χ4v) is 2.49. The molecule has 0 aliphatic carbocycles. The predicted molar refractivity (Wildman–Crippen MR) is 81.9 cm³/mol. The highest BCUT2D eigenvalue weighted by Crippen LogP contribution is 2.22. The number of nitrogens with one attached hydrogen (secondary N) is 1. The molecular formula is C17H25NO3. The number of rotatable bonds is 4. The van der Waals surface area contributed by atoms with Crippen molar-refractivity contribution in [3.8, 4) is 0 Å². The molecule has 0 unspecified atom stereocenters. The van der Waals surface area contributed by atoms with Crippen LogP contribution in [-0.4, -0.2) is 30.8 Å². The lowest BCUT2D eigenvalue weighted by Gasteiger charge is -2.26. The van der Waals surface area contributed by atoms with Crippen molar-refractivity contribution >= 4 is 5.97 Å². The minimum Gasteiger partial charge on any atom is -0.460 e. The van der Waals surface area contributed by atoms with Crippen LogP contribution < -0.4 is 5.32 Å². The second-order valence-corrected chi connectivity index (χ2v) is 6.58. The molecule has 0 aromatic heterocycles. The van der Waals surface area contributed by atoms with Gasteiger partial charge in [0.25, 0.3) is 0 Å². The van der Waals surface area contributed by atoms with E-state index in [1.165, 1.54) is 5.56 Å². The lowest BCUT2D eigenvalue weighted by atomic mass is 10.0. The predicted octanol–water partition coefficient (Wildman–Crippen LogP) is 2.69. The summed E-state index contributed by atoms with van der Waals surface area (Å²) in [5.41, 5.74) is 0.738. The van der Waals surface area contributed by atoms with Crippen LogP contribution in [0.25, 0.3) is 0 Å². The van der Waals surface area contributed by atoms with Crippen molar-refractivity contribution in [1.82, 2.24) is 5.32 Å². The highest BCUT2D eigenvalue weighted by atomic mass is 16.6. The molecule has 4 nitrogen and oxygen atoms in total. The normalized spacial score (nSPS) is 23.8. The zero-order chi connectivity index (χ0) is 15.5. The third-order valence-corrected chi connectivity index (χ3v) is 3.55. The van der Waals surface area contributed by atoms with Crippen molar-refractivity contribution in [1.29, 1.82) is 0 Å². The lowest BCUT2D eigenvalue weighted by Crippen LogP contribution is -2.42. The average Bonchev–Trinajstić information content (AvgIpc) is 2.86. The number of ether oxygens (including phenoxy) is 2. The molecule has 1 aromatic carbocycles. The summed E-state index contributed by atoms with van der Waals surface area (Å²) in [4.78, 5) is 12.2. The van der Waals surface area contributed by atoms with Crippen molar-refractivity contribution in [2.75, 3.05) is 13.2 Å². The van der Waals surface area contributed by atoms with Gasteiger partial charge < -0.3 is 14.8 Å². The van der Waals surface area contributed by atoms with E-state index in [0.717, 1.165) is 0 Å². The summed E-state index contributed by atoms with van der Waals surface area (Å²) in [5.74, 6) is -0.423. The van der Waals surface area contributed by atoms with Crippen molar-refractivity contribution in [2.24, 2.45) is 5.92 Å². The molecule has 4 heteroatoms. The molecule has 1 aliphatic rings. The molecule has 3 atom stereocenters. The molecule has 1 aliphatic heterocycles. The van der Waals surface area contributed by atoms with Crippen molar-refractivity contribution in [2.45, 2.75) is 45.4 Å². The van der Waals surface area contributed by atoms with Crippen LogP contribution >= 0.6 is 0 Å². The van der Waals surface area contributed by atoms with E-state index >= 15 is 0 Å². The fraction of sp³-hybridized carbons (Fsp3) is 0.588. The summed E-state index contributed by atoms with van der Waals surface area (Å²) in [5, 5.41) is 3.49. The largest absolute Gasteiger partial charge is 0.460 e. The quantitative estimate of drug-likeness (QED) is 0.867. The summed E-state index contributed by atoms with van der Waals surface area (Å²) in [7, 11) is 0. The van der Waals surface area contributed by atoms with E-state index in [0.29, 0.717) is 13.2 Å². The molecule has 0 saturated carbocycles. The van der Waals surface area contributed by atoms with Gasteiger partial charge in [0.15, 0.2) is 0 Å². The monoisotopic (exact) mass is 291 g/mol. The van der Waals surface area contributed by atoms with Crippen LogP contribution in [0.2, 0.25) is 0 Å². The van der Waals surface area contributed by atoms with Gasteiger partial charge in [-0.2, -0.15) is 0 Å². The molecule has 1 N–H and O–H groups in total. The molecule has 1 fully saturated rings. The first-order valence-corrected chi connectivity index (χ1v) is 7.48. The van der Waals surface area contributed by atoms with E-state index in [9.17, 15) is 4.79 Å². The van der Waals surface area contributed by atoms with E-state index in [-0.39, 0.29) is 24.0 Å². The van der Waals surface area contributed by atoms with Crippen LogP contribution in [0.15, 0.2) is 30.3 Å². The molecular weight excluding hydrogens is 266 g/mol. The molecule has 2 rings (SSSR count). The first-order chi connectivity index (χ1) is 9.87. The fourth-order valence-electron chi connectivity index (χ4n) is 2.49. The minimum absolute atomic E-state index is 0.00458. The molecule has 1 aromatic rings. The van der Waals surface area contributed by atoms with Crippen molar-refractivity contribution < 1.29 is 14.3 Å². The van der Waals surface area contributed by atoms with Crippen molar-refractivity contribution in [3.05, 3.63) is 35.9 Å². The molecule has 0 amide bonds. The Hall–Kier alpha value is -1.39. The van der Waals surface area contributed by atoms with Crippen molar-refractivity contribution in [3.63, 3.8) is 0 Å². The van der Waals surface area contributed by atoms with Gasteiger partial charge >= 0.3 is 5.97 Å². The van der Waals surface area contributed by atoms with Crippen LogP contribution in [0.1, 0.15) is 39.3 Å². The Kier molecular flexibility index (Phi) is 5.01. The Morgan fingerprint density at radius 2 is 1.95 bits per heavy atom. The van der Waals surface area contributed by atoms with E-state index in [2.05, 4.69) is 24.4 Å². The van der Waals surface area contributed by atoms with Gasteiger partial charge in [0.1, 0.15) is 5.60 Å². The van der Waals surface area contributed by atoms with Crippen LogP contribution in [0, 0.1) is 5.92 Å². The van der Waals surface area contributed by atoms with Gasteiger partial charge in [-0.1, -0.05) is 30.3 Å². The van der Waals surface area contributed by atoms with Crippen LogP contribution in [-0.2, 0) is 14.3 Å². The van der Waals surface area contributed by atoms with E-state index in [1.807, 2.05) is 39.0 Å². The minimum atomic E-state index is -0.463. The summed E-state index contributed by atoms with van der Waals surface area (Å²) in [6, 6.07) is 10.4. The van der Waals surface area contributed by atoms with Gasteiger partial charge in [0.2, 0.25) is 0 Å². The zero-order valence-electron chi connectivity index (χ0n) is 13.3. The Balaban J connectivity index is 1.97. The third kappa shape index (κ3) is 4.55. The van der Waals surface area contributed by atoms with Gasteiger partial charge in [-0.05, 0) is 33.3 Å². The second kappa shape index (κ2) is 6.58. The van der Waals surface area contributed by atoms with Gasteiger partial charge in [0.05, 0.1) is 19.1 Å². The maximum atomic E-state index is 12.2. The molecule has 1 heterocycles. The number of hydrogen-bond acceptors (Lipinski definition) is 4. The van der Waals surface area contributed by atoms with Gasteiger partial charge in [0, 0.05) is 12.1 Å². The zero-order valence-corrected chi connectivity index (χ0v) is 13.3. The maximum absolute atomic E-state index is 12.2. The van der Waals surface area contributed by atoms with E-state index in [4.69, 9.17) is 9.47 Å². The first-order valence-electron chi connectivity index (χ1n) is 7.48. The third-order valence-electron chi connectivity index (χ3n) is 3.55.